The Balaban J connectivity index is 2.21. The number of amides is 3. The molecule has 0 heterocycles. The highest BCUT2D eigenvalue weighted by molar-refractivity contribution is 5.92. The lowest BCUT2D eigenvalue weighted by atomic mass is 10.00. The highest BCUT2D eigenvalue weighted by Crippen LogP contribution is 2.12. The number of aliphatic hydroxyl groups excluding tert-OH is 1. The van der Waals surface area contributed by atoms with Crippen LogP contribution in [0.25, 0.3) is 0 Å². The highest BCUT2D eigenvalue weighted by atomic mass is 16.6. The van der Waals surface area contributed by atoms with Crippen molar-refractivity contribution >= 4 is 29.8 Å². The maximum absolute atomic E-state index is 13.1. The number of hydrogen-bond acceptors (Lipinski definition) is 7. The molecule has 0 fully saturated rings. The Kier molecular flexibility index (Phi) is 12.3. The zero-order valence-electron chi connectivity index (χ0n) is 23.2. The van der Waals surface area contributed by atoms with Crippen LogP contribution >= 0.6 is 0 Å². The predicted molar refractivity (Wildman–Crippen MR) is 148 cm³/mol. The summed E-state index contributed by atoms with van der Waals surface area (Å²) >= 11 is 0. The summed E-state index contributed by atoms with van der Waals surface area (Å²) in [7, 11) is 0. The minimum atomic E-state index is -1.87. The average molecular weight is 572 g/mol. The first-order valence-electron chi connectivity index (χ1n) is 13.1. The summed E-state index contributed by atoms with van der Waals surface area (Å²) < 4.78 is 5.26. The van der Waals surface area contributed by atoms with E-state index in [1.807, 2.05) is 0 Å². The van der Waals surface area contributed by atoms with Crippen LogP contribution in [0.15, 0.2) is 60.7 Å². The lowest BCUT2D eigenvalue weighted by molar-refractivity contribution is -0.143. The molecule has 222 valence electrons. The van der Waals surface area contributed by atoms with Gasteiger partial charge in [0, 0.05) is 12.8 Å². The molecule has 0 aromatic heterocycles. The van der Waals surface area contributed by atoms with Gasteiger partial charge in [-0.2, -0.15) is 0 Å². The first-order chi connectivity index (χ1) is 19.2. The Hall–Kier alpha value is -4.45. The summed E-state index contributed by atoms with van der Waals surface area (Å²) in [5, 5.41) is 36.9. The van der Waals surface area contributed by atoms with Crippen molar-refractivity contribution in [1.29, 1.82) is 0 Å². The number of carbonyl (C=O) groups excluding carboxylic acids is 3. The van der Waals surface area contributed by atoms with Gasteiger partial charge in [0.15, 0.2) is 6.10 Å². The van der Waals surface area contributed by atoms with Crippen molar-refractivity contribution < 1.29 is 44.0 Å². The molecular formula is C29H37N3O9. The summed E-state index contributed by atoms with van der Waals surface area (Å²) in [6.45, 7) is 4.95. The Morgan fingerprint density at radius 3 is 1.76 bits per heavy atom. The van der Waals surface area contributed by atoms with E-state index in [1.54, 1.807) is 81.4 Å². The average Bonchev–Trinajstić information content (AvgIpc) is 2.89. The van der Waals surface area contributed by atoms with Crippen LogP contribution in [0.5, 0.6) is 0 Å². The third-order valence-corrected chi connectivity index (χ3v) is 5.83. The molecule has 2 rings (SSSR count). The van der Waals surface area contributed by atoms with E-state index in [0.29, 0.717) is 11.1 Å². The Labute approximate surface area is 238 Å². The monoisotopic (exact) mass is 571 g/mol. The molecule has 6 N–H and O–H groups in total. The second-order valence-electron chi connectivity index (χ2n) is 10.5. The third kappa shape index (κ3) is 12.1. The summed E-state index contributed by atoms with van der Waals surface area (Å²) in [5.74, 6) is -4.57. The quantitative estimate of drug-likeness (QED) is 0.196. The summed E-state index contributed by atoms with van der Waals surface area (Å²) in [6, 6.07) is 13.3. The Bertz CT molecular complexity index is 1180. The molecule has 4 atom stereocenters. The number of hydrogen-bond donors (Lipinski definition) is 6. The van der Waals surface area contributed by atoms with Crippen LogP contribution in [0.1, 0.15) is 44.7 Å². The van der Waals surface area contributed by atoms with Crippen LogP contribution in [-0.2, 0) is 36.8 Å². The van der Waals surface area contributed by atoms with Crippen molar-refractivity contribution in [3.05, 3.63) is 71.8 Å². The molecule has 2 aromatic carbocycles. The van der Waals surface area contributed by atoms with Gasteiger partial charge in [-0.1, -0.05) is 60.7 Å². The van der Waals surface area contributed by atoms with Gasteiger partial charge >= 0.3 is 18.0 Å². The van der Waals surface area contributed by atoms with Gasteiger partial charge in [-0.3, -0.25) is 14.4 Å². The number of ether oxygens (including phenoxy) is 1. The first kappa shape index (κ1) is 32.8. The van der Waals surface area contributed by atoms with Crippen LogP contribution < -0.4 is 16.0 Å². The van der Waals surface area contributed by atoms with Gasteiger partial charge in [-0.15, -0.1) is 0 Å². The van der Waals surface area contributed by atoms with Gasteiger partial charge in [0.1, 0.15) is 17.7 Å². The molecular weight excluding hydrogens is 534 g/mol. The SMILES string of the molecule is CC(C)(C)OC(=O)N[C@H](Cc1ccccc1)[C@H](O)C(=O)N[C@@H](CCC(=O)O)C(=O)N[C@@H](Cc1ccccc1)C(=O)O. The van der Waals surface area contributed by atoms with Crippen LogP contribution in [0.4, 0.5) is 4.79 Å². The van der Waals surface area contributed by atoms with Crippen LogP contribution in [0.3, 0.4) is 0 Å². The predicted octanol–water partition coefficient (Wildman–Crippen LogP) is 1.65. The summed E-state index contributed by atoms with van der Waals surface area (Å²) in [6.07, 6.45) is -3.67. The molecule has 0 unspecified atom stereocenters. The number of carboxylic acid groups (broad SMARTS) is 2. The van der Waals surface area contributed by atoms with Crippen molar-refractivity contribution in [2.45, 2.75) is 76.3 Å². The Morgan fingerprint density at radius 2 is 1.27 bits per heavy atom. The van der Waals surface area contributed by atoms with Crippen molar-refractivity contribution in [1.82, 2.24) is 16.0 Å². The number of nitrogens with one attached hydrogen (secondary N) is 3. The van der Waals surface area contributed by atoms with Crippen LogP contribution in [0, 0.1) is 0 Å². The summed E-state index contributed by atoms with van der Waals surface area (Å²) in [5.41, 5.74) is 0.471. The smallest absolute Gasteiger partial charge is 0.407 e. The second-order valence-corrected chi connectivity index (χ2v) is 10.5. The maximum atomic E-state index is 13.1. The lowest BCUT2D eigenvalue weighted by Crippen LogP contribution is -2.57. The van der Waals surface area contributed by atoms with Crippen molar-refractivity contribution in [3.8, 4) is 0 Å². The molecule has 0 aliphatic rings. The zero-order chi connectivity index (χ0) is 30.6. The molecule has 2 aromatic rings. The molecule has 12 nitrogen and oxygen atoms in total. The van der Waals surface area contributed by atoms with Gasteiger partial charge in [-0.05, 0) is 44.7 Å². The normalized spacial score (nSPS) is 14.0. The molecule has 0 aliphatic heterocycles. The van der Waals surface area contributed by atoms with E-state index >= 15 is 0 Å². The molecule has 0 aliphatic carbocycles. The van der Waals surface area contributed by atoms with E-state index < -0.39 is 66.1 Å². The van der Waals surface area contributed by atoms with Gasteiger partial charge in [0.2, 0.25) is 5.91 Å². The van der Waals surface area contributed by atoms with Crippen molar-refractivity contribution in [2.24, 2.45) is 0 Å². The van der Waals surface area contributed by atoms with E-state index in [-0.39, 0.29) is 19.3 Å². The highest BCUT2D eigenvalue weighted by Gasteiger charge is 2.33. The van der Waals surface area contributed by atoms with Crippen LogP contribution in [-0.4, -0.2) is 75.0 Å². The van der Waals surface area contributed by atoms with E-state index in [2.05, 4.69) is 16.0 Å². The number of carbonyl (C=O) groups is 5. The van der Waals surface area contributed by atoms with E-state index in [0.717, 1.165) is 0 Å². The first-order valence-corrected chi connectivity index (χ1v) is 13.1. The van der Waals surface area contributed by atoms with Gasteiger partial charge in [0.05, 0.1) is 6.04 Å². The van der Waals surface area contributed by atoms with E-state index in [1.165, 1.54) is 0 Å². The van der Waals surface area contributed by atoms with Gasteiger partial charge in [0.25, 0.3) is 5.91 Å². The molecule has 0 saturated heterocycles. The van der Waals surface area contributed by atoms with E-state index in [9.17, 15) is 34.2 Å². The topological polar surface area (TPSA) is 191 Å². The lowest BCUT2D eigenvalue weighted by Gasteiger charge is -2.28. The molecule has 41 heavy (non-hydrogen) atoms. The van der Waals surface area contributed by atoms with Gasteiger partial charge < -0.3 is 36.0 Å². The molecule has 0 spiro atoms. The number of benzene rings is 2. The van der Waals surface area contributed by atoms with Gasteiger partial charge in [-0.25, -0.2) is 9.59 Å². The Morgan fingerprint density at radius 1 is 0.756 bits per heavy atom. The summed E-state index contributed by atoms with van der Waals surface area (Å²) in [4.78, 5) is 61.7. The molecule has 0 bridgehead atoms. The largest absolute Gasteiger partial charge is 0.481 e. The standard InChI is InChI=1S/C29H37N3O9/c1-29(2,3)41-28(40)32-21(16-18-10-6-4-7-11-18)24(35)26(37)30-20(14-15-23(33)34)25(36)31-22(27(38)39)17-19-12-8-5-9-13-19/h4-13,20-22,24,35H,14-17H2,1-3H3,(H,30,37)(H,31,36)(H,32,40)(H,33,34)(H,38,39)/t20-,21+,22-,24-/m0/s1. The molecule has 0 radical (unpaired) electrons. The van der Waals surface area contributed by atoms with Crippen LogP contribution in [0.2, 0.25) is 0 Å². The minimum absolute atomic E-state index is 0.0266. The number of aliphatic carboxylic acids is 2. The number of aliphatic hydroxyl groups is 1. The molecule has 12 heteroatoms. The maximum Gasteiger partial charge on any atom is 0.407 e. The number of rotatable bonds is 14. The molecule has 0 saturated carbocycles. The fraction of sp³-hybridized carbons (Fsp3) is 0.414. The third-order valence-electron chi connectivity index (χ3n) is 5.83. The fourth-order valence-corrected chi connectivity index (χ4v) is 3.87. The molecule has 3 amide bonds. The van der Waals surface area contributed by atoms with Crippen molar-refractivity contribution in [2.75, 3.05) is 0 Å². The van der Waals surface area contributed by atoms with E-state index in [4.69, 9.17) is 9.84 Å². The number of carboxylic acids is 2. The minimum Gasteiger partial charge on any atom is -0.481 e. The number of alkyl carbamates (subject to hydrolysis) is 1. The second kappa shape index (κ2) is 15.4. The zero-order valence-corrected chi connectivity index (χ0v) is 23.2. The van der Waals surface area contributed by atoms with Crippen molar-refractivity contribution in [3.63, 3.8) is 0 Å². The fourth-order valence-electron chi connectivity index (χ4n) is 3.87.